The molecule has 3 rings (SSSR count). The fraction of sp³-hybridized carbons (Fsp3) is 0.188. The molecular formula is C16H13F2NO2. The molecule has 1 atom stereocenters. The number of aliphatic carboxylic acids is 1. The van der Waals surface area contributed by atoms with Crippen molar-refractivity contribution in [1.29, 1.82) is 0 Å². The van der Waals surface area contributed by atoms with Gasteiger partial charge in [0.05, 0.1) is 0 Å². The minimum atomic E-state index is -0.950. The van der Waals surface area contributed by atoms with Gasteiger partial charge in [-0.15, -0.1) is 0 Å². The molecule has 0 amide bonds. The van der Waals surface area contributed by atoms with Crippen molar-refractivity contribution in [2.24, 2.45) is 0 Å². The molecule has 0 fully saturated rings. The van der Waals surface area contributed by atoms with Crippen LogP contribution < -0.4 is 4.90 Å². The lowest BCUT2D eigenvalue weighted by Gasteiger charge is -2.25. The number of rotatable bonds is 3. The van der Waals surface area contributed by atoms with Crippen LogP contribution in [0.15, 0.2) is 42.5 Å². The smallest absolute Gasteiger partial charge is 0.326 e. The van der Waals surface area contributed by atoms with E-state index < -0.39 is 23.6 Å². The van der Waals surface area contributed by atoms with Crippen molar-refractivity contribution in [2.75, 3.05) is 4.90 Å². The fourth-order valence-corrected chi connectivity index (χ4v) is 2.70. The molecule has 1 unspecified atom stereocenters. The molecular weight excluding hydrogens is 276 g/mol. The number of hydrogen-bond acceptors (Lipinski definition) is 2. The predicted molar refractivity (Wildman–Crippen MR) is 74.1 cm³/mol. The van der Waals surface area contributed by atoms with Crippen LogP contribution in [0.4, 0.5) is 14.5 Å². The van der Waals surface area contributed by atoms with Gasteiger partial charge in [0.2, 0.25) is 0 Å². The van der Waals surface area contributed by atoms with Gasteiger partial charge in [-0.25, -0.2) is 13.6 Å². The minimum Gasteiger partial charge on any atom is -0.480 e. The zero-order chi connectivity index (χ0) is 15.0. The average molecular weight is 289 g/mol. The van der Waals surface area contributed by atoms with Crippen LogP contribution in [0.5, 0.6) is 0 Å². The molecule has 1 N–H and O–H groups in total. The Bertz CT molecular complexity index is 702. The normalized spacial score (nSPS) is 16.9. The summed E-state index contributed by atoms with van der Waals surface area (Å²) in [5.41, 5.74) is 1.99. The summed E-state index contributed by atoms with van der Waals surface area (Å²) in [4.78, 5) is 13.1. The molecule has 1 aliphatic rings. The topological polar surface area (TPSA) is 40.5 Å². The highest BCUT2D eigenvalue weighted by atomic mass is 19.1. The molecule has 0 radical (unpaired) electrons. The molecule has 0 saturated heterocycles. The molecule has 0 spiro atoms. The second kappa shape index (κ2) is 5.16. The molecule has 0 bridgehead atoms. The zero-order valence-corrected chi connectivity index (χ0v) is 11.1. The van der Waals surface area contributed by atoms with E-state index in [1.54, 1.807) is 4.90 Å². The second-order valence-electron chi connectivity index (χ2n) is 5.05. The Labute approximate surface area is 120 Å². The van der Waals surface area contributed by atoms with Crippen molar-refractivity contribution in [1.82, 2.24) is 0 Å². The third-order valence-electron chi connectivity index (χ3n) is 3.73. The van der Waals surface area contributed by atoms with Crippen molar-refractivity contribution >= 4 is 11.7 Å². The van der Waals surface area contributed by atoms with Crippen LogP contribution in [0.1, 0.15) is 11.1 Å². The van der Waals surface area contributed by atoms with Gasteiger partial charge in [0.1, 0.15) is 17.7 Å². The molecule has 0 aromatic heterocycles. The maximum atomic E-state index is 13.8. The largest absolute Gasteiger partial charge is 0.480 e. The SMILES string of the molecule is O=C(O)C1Cc2ccccc2N1Cc1ccc(F)cc1F. The number of hydrogen-bond donors (Lipinski definition) is 1. The number of para-hydroxylation sites is 1. The van der Waals surface area contributed by atoms with Crippen molar-refractivity contribution in [3.05, 3.63) is 65.2 Å². The number of fused-ring (bicyclic) bond motifs is 1. The maximum absolute atomic E-state index is 13.8. The third-order valence-corrected chi connectivity index (χ3v) is 3.73. The summed E-state index contributed by atoms with van der Waals surface area (Å²) in [6, 6.07) is 9.96. The monoisotopic (exact) mass is 289 g/mol. The number of halogens is 2. The van der Waals surface area contributed by atoms with Crippen LogP contribution in [-0.2, 0) is 17.8 Å². The molecule has 5 heteroatoms. The van der Waals surface area contributed by atoms with Gasteiger partial charge < -0.3 is 10.0 Å². The molecule has 2 aromatic rings. The summed E-state index contributed by atoms with van der Waals surface area (Å²) < 4.78 is 26.8. The molecule has 0 aliphatic carbocycles. The molecule has 3 nitrogen and oxygen atoms in total. The number of benzene rings is 2. The van der Waals surface area contributed by atoms with E-state index in [1.807, 2.05) is 24.3 Å². The van der Waals surface area contributed by atoms with Gasteiger partial charge in [0.25, 0.3) is 0 Å². The number of nitrogens with zero attached hydrogens (tertiary/aromatic N) is 1. The Balaban J connectivity index is 1.96. The first kappa shape index (κ1) is 13.5. The Morgan fingerprint density at radius 1 is 1.24 bits per heavy atom. The number of carbonyl (C=O) groups is 1. The van der Waals surface area contributed by atoms with Crippen LogP contribution in [0, 0.1) is 11.6 Å². The molecule has 0 saturated carbocycles. The van der Waals surface area contributed by atoms with E-state index in [0.29, 0.717) is 6.42 Å². The van der Waals surface area contributed by atoms with E-state index in [-0.39, 0.29) is 12.1 Å². The Kier molecular flexibility index (Phi) is 3.33. The van der Waals surface area contributed by atoms with Crippen LogP contribution >= 0.6 is 0 Å². The highest BCUT2D eigenvalue weighted by Crippen LogP contribution is 2.33. The van der Waals surface area contributed by atoms with Crippen LogP contribution in [-0.4, -0.2) is 17.1 Å². The van der Waals surface area contributed by atoms with E-state index in [1.165, 1.54) is 12.1 Å². The lowest BCUT2D eigenvalue weighted by molar-refractivity contribution is -0.138. The predicted octanol–water partition coefficient (Wildman–Crippen LogP) is 2.98. The van der Waals surface area contributed by atoms with E-state index in [2.05, 4.69) is 0 Å². The molecule has 2 aromatic carbocycles. The average Bonchev–Trinajstić information content (AvgIpc) is 2.81. The Morgan fingerprint density at radius 3 is 2.71 bits per heavy atom. The van der Waals surface area contributed by atoms with Crippen LogP contribution in [0.2, 0.25) is 0 Å². The van der Waals surface area contributed by atoms with Gasteiger partial charge in [-0.05, 0) is 17.7 Å². The quantitative estimate of drug-likeness (QED) is 0.944. The summed E-state index contributed by atoms with van der Waals surface area (Å²) in [5, 5.41) is 9.35. The summed E-state index contributed by atoms with van der Waals surface area (Å²) in [5.74, 6) is -2.26. The summed E-state index contributed by atoms with van der Waals surface area (Å²) in [6.45, 7) is 0.0973. The second-order valence-corrected chi connectivity index (χ2v) is 5.05. The summed E-state index contributed by atoms with van der Waals surface area (Å²) in [7, 11) is 0. The van der Waals surface area contributed by atoms with Gasteiger partial charge in [0.15, 0.2) is 0 Å². The Hall–Kier alpha value is -2.43. The first-order valence-electron chi connectivity index (χ1n) is 6.57. The van der Waals surface area contributed by atoms with Crippen LogP contribution in [0.3, 0.4) is 0 Å². The van der Waals surface area contributed by atoms with Gasteiger partial charge in [-0.1, -0.05) is 24.3 Å². The maximum Gasteiger partial charge on any atom is 0.326 e. The first-order chi connectivity index (χ1) is 10.1. The highest BCUT2D eigenvalue weighted by molar-refractivity contribution is 5.82. The zero-order valence-electron chi connectivity index (χ0n) is 11.1. The van der Waals surface area contributed by atoms with Crippen molar-refractivity contribution < 1.29 is 18.7 Å². The van der Waals surface area contributed by atoms with E-state index >= 15 is 0 Å². The summed E-state index contributed by atoms with van der Waals surface area (Å²) in [6.07, 6.45) is 0.383. The van der Waals surface area contributed by atoms with Gasteiger partial charge in [0, 0.05) is 30.3 Å². The molecule has 21 heavy (non-hydrogen) atoms. The standard InChI is InChI=1S/C16H13F2NO2/c17-12-6-5-11(13(18)8-12)9-19-14-4-2-1-3-10(14)7-15(19)16(20)21/h1-6,8,15H,7,9H2,(H,20,21). The van der Waals surface area contributed by atoms with Crippen molar-refractivity contribution in [3.63, 3.8) is 0 Å². The first-order valence-corrected chi connectivity index (χ1v) is 6.57. The number of anilines is 1. The third kappa shape index (κ3) is 2.46. The van der Waals surface area contributed by atoms with Crippen molar-refractivity contribution in [2.45, 2.75) is 19.0 Å². The Morgan fingerprint density at radius 2 is 2.00 bits per heavy atom. The van der Waals surface area contributed by atoms with E-state index in [9.17, 15) is 18.7 Å². The van der Waals surface area contributed by atoms with E-state index in [4.69, 9.17) is 0 Å². The lowest BCUT2D eigenvalue weighted by Crippen LogP contribution is -2.38. The van der Waals surface area contributed by atoms with Gasteiger partial charge >= 0.3 is 5.97 Å². The van der Waals surface area contributed by atoms with Gasteiger partial charge in [-0.3, -0.25) is 0 Å². The highest BCUT2D eigenvalue weighted by Gasteiger charge is 2.34. The van der Waals surface area contributed by atoms with E-state index in [0.717, 1.165) is 17.3 Å². The fourth-order valence-electron chi connectivity index (χ4n) is 2.70. The van der Waals surface area contributed by atoms with Crippen molar-refractivity contribution in [3.8, 4) is 0 Å². The molecule has 1 heterocycles. The number of carboxylic acid groups (broad SMARTS) is 1. The number of carboxylic acids is 1. The molecule has 108 valence electrons. The van der Waals surface area contributed by atoms with Gasteiger partial charge in [-0.2, -0.15) is 0 Å². The summed E-state index contributed by atoms with van der Waals surface area (Å²) >= 11 is 0. The molecule has 1 aliphatic heterocycles. The lowest BCUT2D eigenvalue weighted by atomic mass is 10.1. The van der Waals surface area contributed by atoms with Crippen LogP contribution in [0.25, 0.3) is 0 Å². The minimum absolute atomic E-state index is 0.0973.